The Hall–Kier alpha value is -1.30. The molecular weight excluding hydrogens is 364 g/mol. The second kappa shape index (κ2) is 5.89. The highest BCUT2D eigenvalue weighted by molar-refractivity contribution is 5.89. The number of carbonyl (C=O) groups excluding carboxylic acids is 1. The maximum absolute atomic E-state index is 13.4. The predicted octanol–water partition coefficient (Wildman–Crippen LogP) is 3.26. The zero-order chi connectivity index (χ0) is 20.0. The molecule has 5 aliphatic rings. The van der Waals surface area contributed by atoms with Crippen molar-refractivity contribution in [2.45, 2.75) is 83.8 Å². The van der Waals surface area contributed by atoms with Gasteiger partial charge in [-0.15, -0.1) is 10.2 Å². The zero-order valence-electron chi connectivity index (χ0n) is 17.8. The molecule has 6 nitrogen and oxygen atoms in total. The number of aliphatic hydroxyl groups is 1. The van der Waals surface area contributed by atoms with E-state index in [1.54, 1.807) is 0 Å². The van der Waals surface area contributed by atoms with Crippen LogP contribution >= 0.6 is 0 Å². The van der Waals surface area contributed by atoms with E-state index in [1.165, 1.54) is 49.6 Å². The Morgan fingerprint density at radius 3 is 2.72 bits per heavy atom. The molecule has 6 heteroatoms. The summed E-state index contributed by atoms with van der Waals surface area (Å²) in [5.74, 6) is 4.78. The molecule has 0 radical (unpaired) electrons. The normalized spacial score (nSPS) is 52.8. The van der Waals surface area contributed by atoms with Crippen LogP contribution in [0.25, 0.3) is 0 Å². The molecule has 0 amide bonds. The number of aromatic nitrogens is 4. The van der Waals surface area contributed by atoms with E-state index in [-0.39, 0.29) is 17.4 Å². The lowest BCUT2D eigenvalue weighted by molar-refractivity contribution is -0.139. The number of ketones is 1. The maximum atomic E-state index is 13.4. The van der Waals surface area contributed by atoms with Crippen LogP contribution in [0.2, 0.25) is 0 Å². The fourth-order valence-electron chi connectivity index (χ4n) is 9.20. The van der Waals surface area contributed by atoms with Gasteiger partial charge >= 0.3 is 0 Å². The highest BCUT2D eigenvalue weighted by Gasteiger charge is 2.77. The minimum Gasteiger partial charge on any atom is -0.390 e. The van der Waals surface area contributed by atoms with E-state index in [0.29, 0.717) is 23.5 Å². The van der Waals surface area contributed by atoms with Crippen molar-refractivity contribution >= 4 is 5.78 Å². The van der Waals surface area contributed by atoms with Gasteiger partial charge in [0.1, 0.15) is 6.54 Å². The summed E-state index contributed by atoms with van der Waals surface area (Å²) in [6.07, 6.45) is 12.0. The Morgan fingerprint density at radius 2 is 1.93 bits per heavy atom. The maximum Gasteiger partial charge on any atom is 0.163 e. The summed E-state index contributed by atoms with van der Waals surface area (Å²) < 4.78 is 0. The van der Waals surface area contributed by atoms with E-state index in [9.17, 15) is 9.90 Å². The van der Waals surface area contributed by atoms with Crippen molar-refractivity contribution in [3.8, 4) is 0 Å². The van der Waals surface area contributed by atoms with Crippen LogP contribution in [0.15, 0.2) is 6.33 Å². The van der Waals surface area contributed by atoms with Crippen LogP contribution in [0.3, 0.4) is 0 Å². The number of hydrogen-bond donors (Lipinski definition) is 1. The summed E-state index contributed by atoms with van der Waals surface area (Å²) in [6, 6.07) is 0. The van der Waals surface area contributed by atoms with Gasteiger partial charge in [0.05, 0.1) is 5.60 Å². The number of tetrazole rings is 1. The molecule has 0 bridgehead atoms. The number of nitrogens with zero attached hydrogens (tertiary/aromatic N) is 4. The molecule has 0 saturated heterocycles. The van der Waals surface area contributed by atoms with Gasteiger partial charge in [-0.3, -0.25) is 4.79 Å². The van der Waals surface area contributed by atoms with Gasteiger partial charge in [0.2, 0.25) is 0 Å². The monoisotopic (exact) mass is 398 g/mol. The van der Waals surface area contributed by atoms with Gasteiger partial charge in [-0.25, -0.2) is 0 Å². The minimum atomic E-state index is -0.446. The highest BCUT2D eigenvalue weighted by Crippen LogP contribution is 2.80. The molecule has 0 aromatic carbocycles. The Labute approximate surface area is 172 Å². The fourth-order valence-corrected chi connectivity index (χ4v) is 9.20. The quantitative estimate of drug-likeness (QED) is 0.845. The SMILES string of the molecule is C[C@@]1(O)CC[C@H]2[C@H](CC[C@@H]3[C@@H]2CC[C@@]2(C)[C@H]3CC3C[C@]32C(=O)Cn2ncnn2)C1. The molecule has 158 valence electrons. The molecule has 1 aromatic heterocycles. The predicted molar refractivity (Wildman–Crippen MR) is 106 cm³/mol. The highest BCUT2D eigenvalue weighted by atomic mass is 16.3. The molecular formula is C23H34N4O2. The van der Waals surface area contributed by atoms with Crippen molar-refractivity contribution in [3.05, 3.63) is 6.33 Å². The molecule has 29 heavy (non-hydrogen) atoms. The van der Waals surface area contributed by atoms with Crippen molar-refractivity contribution in [2.24, 2.45) is 46.3 Å². The lowest BCUT2D eigenvalue weighted by Crippen LogP contribution is -2.52. The van der Waals surface area contributed by atoms with Crippen molar-refractivity contribution < 1.29 is 9.90 Å². The third kappa shape index (κ3) is 2.44. The lowest BCUT2D eigenvalue weighted by Gasteiger charge is -2.57. The molecule has 5 saturated carbocycles. The summed E-state index contributed by atoms with van der Waals surface area (Å²) in [6.45, 7) is 4.77. The number of rotatable bonds is 3. The standard InChI is InChI=1S/C23H34N4O2/c1-21(29)7-5-16-14(10-21)3-4-18-17(16)6-8-22(2)19(18)9-15-11-23(15,22)20(28)12-27-25-13-24-26-27/h13-19,29H,3-12H2,1-2H3/t14-,15?,16+,17-,18-,19+,21-,22+,23-/m1/s1. The lowest BCUT2D eigenvalue weighted by atomic mass is 9.47. The van der Waals surface area contributed by atoms with Gasteiger partial charge in [0.15, 0.2) is 12.1 Å². The molecule has 0 aliphatic heterocycles. The largest absolute Gasteiger partial charge is 0.390 e. The summed E-state index contributed by atoms with van der Waals surface area (Å²) in [7, 11) is 0. The van der Waals surface area contributed by atoms with Gasteiger partial charge in [0.25, 0.3) is 0 Å². The Morgan fingerprint density at radius 1 is 1.10 bits per heavy atom. The third-order valence-electron chi connectivity index (χ3n) is 10.5. The third-order valence-corrected chi connectivity index (χ3v) is 10.5. The van der Waals surface area contributed by atoms with Crippen LogP contribution in [0.4, 0.5) is 0 Å². The van der Waals surface area contributed by atoms with E-state index in [4.69, 9.17) is 0 Å². The van der Waals surface area contributed by atoms with E-state index in [2.05, 4.69) is 22.3 Å². The first-order valence-electron chi connectivity index (χ1n) is 11.8. The van der Waals surface area contributed by atoms with Crippen molar-refractivity contribution in [1.29, 1.82) is 0 Å². The van der Waals surface area contributed by atoms with Gasteiger partial charge in [-0.2, -0.15) is 4.80 Å². The zero-order valence-corrected chi connectivity index (χ0v) is 17.8. The molecule has 6 rings (SSSR count). The molecule has 5 fully saturated rings. The van der Waals surface area contributed by atoms with E-state index >= 15 is 0 Å². The van der Waals surface area contributed by atoms with Crippen LogP contribution in [0.5, 0.6) is 0 Å². The van der Waals surface area contributed by atoms with E-state index in [1.807, 2.05) is 6.92 Å². The van der Waals surface area contributed by atoms with Crippen LogP contribution < -0.4 is 0 Å². The smallest absolute Gasteiger partial charge is 0.163 e. The minimum absolute atomic E-state index is 0.122. The first-order chi connectivity index (χ1) is 13.8. The van der Waals surface area contributed by atoms with Crippen LogP contribution in [0.1, 0.15) is 71.6 Å². The number of fused-ring (bicyclic) bond motifs is 7. The number of Topliss-reactive ketones (excluding diaryl/α,β-unsaturated/α-hetero) is 1. The average molecular weight is 399 g/mol. The second-order valence-electron chi connectivity index (χ2n) is 11.6. The number of hydrogen-bond acceptors (Lipinski definition) is 5. The number of carbonyl (C=O) groups is 1. The fraction of sp³-hybridized carbons (Fsp3) is 0.913. The summed E-state index contributed by atoms with van der Waals surface area (Å²) >= 11 is 0. The Bertz CT molecular complexity index is 823. The molecule has 1 unspecified atom stereocenters. The summed E-state index contributed by atoms with van der Waals surface area (Å²) in [5.41, 5.74) is -0.412. The molecule has 1 heterocycles. The second-order valence-corrected chi connectivity index (χ2v) is 11.6. The Kier molecular flexibility index (Phi) is 3.75. The molecule has 0 spiro atoms. The van der Waals surface area contributed by atoms with Crippen molar-refractivity contribution in [2.75, 3.05) is 0 Å². The van der Waals surface area contributed by atoms with Crippen LogP contribution in [-0.4, -0.2) is 36.7 Å². The van der Waals surface area contributed by atoms with Crippen LogP contribution in [0, 0.1) is 46.3 Å². The summed E-state index contributed by atoms with van der Waals surface area (Å²) in [5, 5.41) is 22.4. The Balaban J connectivity index is 1.24. The van der Waals surface area contributed by atoms with Crippen molar-refractivity contribution in [1.82, 2.24) is 20.2 Å². The first kappa shape index (κ1) is 18.5. The first-order valence-corrected chi connectivity index (χ1v) is 11.8. The van der Waals surface area contributed by atoms with Crippen LogP contribution in [-0.2, 0) is 11.3 Å². The van der Waals surface area contributed by atoms with Gasteiger partial charge < -0.3 is 5.11 Å². The molecule has 5 aliphatic carbocycles. The van der Waals surface area contributed by atoms with Crippen molar-refractivity contribution in [3.63, 3.8) is 0 Å². The summed E-state index contributed by atoms with van der Waals surface area (Å²) in [4.78, 5) is 14.9. The topological polar surface area (TPSA) is 80.9 Å². The molecule has 1 N–H and O–H groups in total. The van der Waals surface area contributed by atoms with Gasteiger partial charge in [-0.1, -0.05) is 6.92 Å². The average Bonchev–Trinajstić information content (AvgIpc) is 3.07. The molecule has 1 aromatic rings. The van der Waals surface area contributed by atoms with E-state index < -0.39 is 5.60 Å². The van der Waals surface area contributed by atoms with Gasteiger partial charge in [0, 0.05) is 5.41 Å². The van der Waals surface area contributed by atoms with Gasteiger partial charge in [-0.05, 0) is 111 Å². The van der Waals surface area contributed by atoms with E-state index in [0.717, 1.165) is 37.0 Å². The molecule has 9 atom stereocenters.